The normalized spacial score (nSPS) is 13.5. The molecule has 1 aromatic carbocycles. The standard InChI is InChI=1S/C15H21ClO3Si2/c1-10(17)13(11-8-6-7-9-12(11)16)15(2,3)14(18-20-4)19-21-5/h6-9,13-14H,1-5H3/t13-/m0/s1. The number of ketones is 1. The van der Waals surface area contributed by atoms with Crippen LogP contribution in [0.25, 0.3) is 0 Å². The Labute approximate surface area is 137 Å². The fraction of sp³-hybridized carbons (Fsp3) is 0.533. The first-order valence-corrected chi connectivity index (χ1v) is 9.95. The van der Waals surface area contributed by atoms with Crippen LogP contribution >= 0.6 is 11.6 Å². The average molecular weight is 341 g/mol. The minimum Gasteiger partial charge on any atom is -0.394 e. The Morgan fingerprint density at radius 1 is 1.19 bits per heavy atom. The van der Waals surface area contributed by atoms with Crippen molar-refractivity contribution in [1.29, 1.82) is 0 Å². The van der Waals surface area contributed by atoms with Crippen LogP contribution in [0, 0.1) is 5.41 Å². The van der Waals surface area contributed by atoms with Gasteiger partial charge in [-0.05, 0) is 31.6 Å². The van der Waals surface area contributed by atoms with E-state index in [2.05, 4.69) is 0 Å². The van der Waals surface area contributed by atoms with Crippen LogP contribution in [0.4, 0.5) is 0 Å². The molecule has 4 radical (unpaired) electrons. The highest BCUT2D eigenvalue weighted by molar-refractivity contribution is 6.31. The first-order valence-electron chi connectivity index (χ1n) is 6.75. The van der Waals surface area contributed by atoms with Crippen molar-refractivity contribution in [2.75, 3.05) is 0 Å². The number of carbonyl (C=O) groups excluding carboxylic acids is 1. The molecule has 0 saturated heterocycles. The third-order valence-corrected chi connectivity index (χ3v) is 4.67. The Morgan fingerprint density at radius 2 is 1.71 bits per heavy atom. The Balaban J connectivity index is 3.25. The zero-order valence-electron chi connectivity index (χ0n) is 13.1. The summed E-state index contributed by atoms with van der Waals surface area (Å²) in [5.41, 5.74) is 0.316. The quantitative estimate of drug-likeness (QED) is 0.534. The highest BCUT2D eigenvalue weighted by Gasteiger charge is 2.42. The molecule has 0 aliphatic carbocycles. The van der Waals surface area contributed by atoms with E-state index in [1.54, 1.807) is 6.92 Å². The summed E-state index contributed by atoms with van der Waals surface area (Å²) in [4.78, 5) is 12.3. The van der Waals surface area contributed by atoms with Crippen LogP contribution in [-0.4, -0.2) is 31.6 Å². The maximum atomic E-state index is 12.3. The molecule has 0 bridgehead atoms. The fourth-order valence-electron chi connectivity index (χ4n) is 2.53. The van der Waals surface area contributed by atoms with Crippen LogP contribution in [0.15, 0.2) is 24.3 Å². The Morgan fingerprint density at radius 3 is 2.14 bits per heavy atom. The van der Waals surface area contributed by atoms with Crippen LogP contribution in [0.1, 0.15) is 32.3 Å². The molecule has 0 spiro atoms. The number of hydrogen-bond acceptors (Lipinski definition) is 3. The smallest absolute Gasteiger partial charge is 0.229 e. The van der Waals surface area contributed by atoms with Crippen molar-refractivity contribution in [2.24, 2.45) is 5.41 Å². The maximum absolute atomic E-state index is 12.3. The summed E-state index contributed by atoms with van der Waals surface area (Å²) in [5, 5.41) is 0.599. The van der Waals surface area contributed by atoms with Gasteiger partial charge in [-0.2, -0.15) is 0 Å². The van der Waals surface area contributed by atoms with Crippen molar-refractivity contribution in [3.8, 4) is 0 Å². The SMILES string of the molecule is C[Si]OC(O[Si]C)C(C)(C)[C@@H](C(C)=O)c1ccccc1Cl. The summed E-state index contributed by atoms with van der Waals surface area (Å²) < 4.78 is 11.5. The molecule has 0 aliphatic rings. The molecule has 0 amide bonds. The van der Waals surface area contributed by atoms with Gasteiger partial charge in [0, 0.05) is 10.4 Å². The Hall–Kier alpha value is -0.466. The molecule has 114 valence electrons. The molecule has 0 fully saturated rings. The van der Waals surface area contributed by atoms with E-state index in [4.69, 9.17) is 20.5 Å². The maximum Gasteiger partial charge on any atom is 0.229 e. The van der Waals surface area contributed by atoms with E-state index in [9.17, 15) is 4.79 Å². The second-order valence-electron chi connectivity index (χ2n) is 5.36. The third kappa shape index (κ3) is 4.50. The van der Waals surface area contributed by atoms with Gasteiger partial charge >= 0.3 is 0 Å². The number of Topliss-reactive ketones (excluding diaryl/α,β-unsaturated/α-hetero) is 1. The molecular weight excluding hydrogens is 320 g/mol. The minimum absolute atomic E-state index is 0.0594. The van der Waals surface area contributed by atoms with Gasteiger partial charge in [-0.3, -0.25) is 4.79 Å². The monoisotopic (exact) mass is 340 g/mol. The average Bonchev–Trinajstić information content (AvgIpc) is 2.40. The summed E-state index contributed by atoms with van der Waals surface area (Å²) in [5.74, 6) is -0.312. The highest BCUT2D eigenvalue weighted by Crippen LogP contribution is 2.43. The number of carbonyl (C=O) groups is 1. The predicted molar refractivity (Wildman–Crippen MR) is 87.8 cm³/mol. The van der Waals surface area contributed by atoms with Gasteiger partial charge in [0.1, 0.15) is 12.1 Å². The Kier molecular flexibility index (Phi) is 7.29. The molecule has 0 heterocycles. The van der Waals surface area contributed by atoms with Gasteiger partial charge in [0.25, 0.3) is 0 Å². The summed E-state index contributed by atoms with van der Waals surface area (Å²) in [6.45, 7) is 9.48. The largest absolute Gasteiger partial charge is 0.394 e. The van der Waals surface area contributed by atoms with Crippen LogP contribution in [0.3, 0.4) is 0 Å². The molecular formula is C15H21ClO3Si2. The lowest BCUT2D eigenvalue weighted by Crippen LogP contribution is -2.42. The number of hydrogen-bond donors (Lipinski definition) is 0. The lowest BCUT2D eigenvalue weighted by atomic mass is 9.72. The van der Waals surface area contributed by atoms with Crippen molar-refractivity contribution in [3.63, 3.8) is 0 Å². The zero-order chi connectivity index (χ0) is 16.0. The minimum atomic E-state index is -0.511. The van der Waals surface area contributed by atoms with E-state index < -0.39 is 11.7 Å². The third-order valence-electron chi connectivity index (χ3n) is 3.42. The molecule has 0 unspecified atom stereocenters. The molecule has 6 heteroatoms. The molecule has 0 N–H and O–H groups in total. The first-order chi connectivity index (χ1) is 9.86. The first kappa shape index (κ1) is 18.6. The van der Waals surface area contributed by atoms with Crippen LogP contribution in [-0.2, 0) is 13.6 Å². The summed E-state index contributed by atoms with van der Waals surface area (Å²) in [6.07, 6.45) is -0.436. The number of rotatable bonds is 8. The van der Waals surface area contributed by atoms with Crippen molar-refractivity contribution in [1.82, 2.24) is 0 Å². The van der Waals surface area contributed by atoms with E-state index in [1.807, 2.05) is 51.2 Å². The molecule has 0 aliphatic heterocycles. The van der Waals surface area contributed by atoms with Crippen molar-refractivity contribution >= 4 is 36.9 Å². The summed E-state index contributed by atoms with van der Waals surface area (Å²) in [7, 11) is 0.596. The van der Waals surface area contributed by atoms with Gasteiger partial charge in [-0.1, -0.05) is 43.6 Å². The van der Waals surface area contributed by atoms with Gasteiger partial charge in [0.2, 0.25) is 19.5 Å². The van der Waals surface area contributed by atoms with E-state index in [0.717, 1.165) is 5.56 Å². The van der Waals surface area contributed by atoms with Gasteiger partial charge in [-0.15, -0.1) is 0 Å². The van der Waals surface area contributed by atoms with Crippen LogP contribution < -0.4 is 0 Å². The predicted octanol–water partition coefficient (Wildman–Crippen LogP) is 3.73. The zero-order valence-corrected chi connectivity index (χ0v) is 15.8. The molecule has 3 nitrogen and oxygen atoms in total. The molecule has 0 saturated carbocycles. The van der Waals surface area contributed by atoms with Crippen molar-refractivity contribution < 1.29 is 13.6 Å². The van der Waals surface area contributed by atoms with Gasteiger partial charge in [0.05, 0.1) is 5.92 Å². The Bertz CT molecular complexity index is 474. The van der Waals surface area contributed by atoms with Gasteiger partial charge in [-0.25, -0.2) is 0 Å². The van der Waals surface area contributed by atoms with E-state index >= 15 is 0 Å². The molecule has 0 aromatic heterocycles. The fourth-order valence-corrected chi connectivity index (χ4v) is 4.00. The molecule has 1 aromatic rings. The van der Waals surface area contributed by atoms with E-state index in [-0.39, 0.29) is 11.7 Å². The number of halogens is 1. The highest BCUT2D eigenvalue weighted by atomic mass is 35.5. The van der Waals surface area contributed by atoms with Crippen molar-refractivity contribution in [3.05, 3.63) is 34.9 Å². The van der Waals surface area contributed by atoms with Crippen molar-refractivity contribution in [2.45, 2.75) is 46.1 Å². The van der Waals surface area contributed by atoms with Gasteiger partial charge < -0.3 is 8.85 Å². The van der Waals surface area contributed by atoms with Gasteiger partial charge in [0.15, 0.2) is 0 Å². The number of benzene rings is 1. The van der Waals surface area contributed by atoms with E-state index in [0.29, 0.717) is 24.5 Å². The lowest BCUT2D eigenvalue weighted by molar-refractivity contribution is -0.131. The van der Waals surface area contributed by atoms with Crippen LogP contribution in [0.2, 0.25) is 18.1 Å². The topological polar surface area (TPSA) is 35.5 Å². The summed E-state index contributed by atoms with van der Waals surface area (Å²) in [6, 6.07) is 7.47. The molecule has 1 atom stereocenters. The van der Waals surface area contributed by atoms with Crippen LogP contribution in [0.5, 0.6) is 0 Å². The second kappa shape index (κ2) is 8.24. The molecule has 21 heavy (non-hydrogen) atoms. The lowest BCUT2D eigenvalue weighted by Gasteiger charge is -2.39. The summed E-state index contributed by atoms with van der Waals surface area (Å²) >= 11 is 6.30. The van der Waals surface area contributed by atoms with E-state index in [1.165, 1.54) is 0 Å². The molecule has 1 rings (SSSR count). The second-order valence-corrected chi connectivity index (χ2v) is 7.06.